The number of rotatable bonds is 11. The number of para-hydroxylation sites is 1. The molecule has 1 heterocycles. The number of hydrogen-bond acceptors (Lipinski definition) is 11. The van der Waals surface area contributed by atoms with E-state index in [-0.39, 0.29) is 59.8 Å². The quantitative estimate of drug-likeness (QED) is 0.139. The van der Waals surface area contributed by atoms with Gasteiger partial charge in [0.2, 0.25) is 0 Å². The molecule has 3 rings (SSSR count). The highest BCUT2D eigenvalue weighted by Gasteiger charge is 2.39. The van der Waals surface area contributed by atoms with E-state index in [4.69, 9.17) is 0 Å². The maximum atomic E-state index is 13.5. The molecule has 1 aliphatic rings. The Bertz CT molecular complexity index is 1220. The van der Waals surface area contributed by atoms with Crippen LogP contribution in [0.2, 0.25) is 0 Å². The number of carbonyl (C=O) groups excluding carboxylic acids is 1. The Morgan fingerprint density at radius 2 is 1.38 bits per heavy atom. The molecule has 1 amide bonds. The van der Waals surface area contributed by atoms with Gasteiger partial charge in [-0.3, -0.25) is 4.79 Å². The van der Waals surface area contributed by atoms with Gasteiger partial charge in [-0.15, -0.1) is 0 Å². The first kappa shape index (κ1) is 31.4. The lowest BCUT2D eigenvalue weighted by Gasteiger charge is -2.36. The maximum Gasteiger partial charge on any atom is 0.260 e. The lowest BCUT2D eigenvalue weighted by atomic mass is 9.83. The van der Waals surface area contributed by atoms with E-state index >= 15 is 0 Å². The second-order valence-corrected chi connectivity index (χ2v) is 11.6. The number of phenolic OH excluding ortho intramolecular Hbond substituents is 3. The highest BCUT2D eigenvalue weighted by molar-refractivity contribution is 6.15. The third-order valence-electron chi connectivity index (χ3n) is 7.59. The van der Waals surface area contributed by atoms with Crippen molar-refractivity contribution >= 4 is 23.0 Å². The average molecular weight is 565 g/mol. The van der Waals surface area contributed by atoms with E-state index in [1.54, 1.807) is 0 Å². The second kappa shape index (κ2) is 11.4. The highest BCUT2D eigenvalue weighted by atomic mass is 16.4. The molecule has 40 heavy (non-hydrogen) atoms. The number of β-amino-alcohol motifs (C(OH)–C–C–N with tert-alkyl or cyclic N) is 1. The van der Waals surface area contributed by atoms with Crippen LogP contribution >= 0.6 is 0 Å². The summed E-state index contributed by atoms with van der Waals surface area (Å²) in [6, 6.07) is 6.45. The number of nitrogens with one attached hydrogen (secondary N) is 1. The molecular formula is C28H40N2O10. The van der Waals surface area contributed by atoms with Gasteiger partial charge in [0.15, 0.2) is 0 Å². The summed E-state index contributed by atoms with van der Waals surface area (Å²) in [5.41, 5.74) is -4.93. The summed E-state index contributed by atoms with van der Waals surface area (Å²) < 4.78 is 0. The van der Waals surface area contributed by atoms with E-state index in [0.717, 1.165) is 11.0 Å². The van der Waals surface area contributed by atoms with Crippen molar-refractivity contribution in [2.24, 2.45) is 0 Å². The van der Waals surface area contributed by atoms with Gasteiger partial charge < -0.3 is 56.2 Å². The van der Waals surface area contributed by atoms with Crippen molar-refractivity contribution in [1.29, 1.82) is 0 Å². The lowest BCUT2D eigenvalue weighted by Crippen LogP contribution is -2.50. The standard InChI is InChI=1S/C28H40N2O10/c1-26(2,38)20(34)8-10-27(3,39)21(35)9-11-28(4,40)22(36)14-30-17-12-15(31)13-19(33)24(17)29-23-16(25(30)37)6-5-7-18(23)32/h5-7,12-13,20-22,29,31-36,38-40H,8-11,14H2,1-4H3. The molecule has 0 radical (unpaired) electrons. The first-order valence-corrected chi connectivity index (χ1v) is 13.0. The van der Waals surface area contributed by atoms with E-state index in [1.165, 1.54) is 52.0 Å². The average Bonchev–Trinajstić information content (AvgIpc) is 2.96. The smallest absolute Gasteiger partial charge is 0.260 e. The summed E-state index contributed by atoms with van der Waals surface area (Å²) in [5, 5.41) is 97.2. The van der Waals surface area contributed by atoms with Gasteiger partial charge in [0.1, 0.15) is 29.0 Å². The Balaban J connectivity index is 1.79. The van der Waals surface area contributed by atoms with Gasteiger partial charge in [-0.1, -0.05) is 6.07 Å². The molecule has 5 unspecified atom stereocenters. The van der Waals surface area contributed by atoms with Gasteiger partial charge >= 0.3 is 0 Å². The summed E-state index contributed by atoms with van der Waals surface area (Å²) in [6.07, 6.45) is -4.47. The Morgan fingerprint density at radius 3 is 1.98 bits per heavy atom. The van der Waals surface area contributed by atoms with E-state index in [9.17, 15) is 50.8 Å². The van der Waals surface area contributed by atoms with Crippen LogP contribution < -0.4 is 10.2 Å². The minimum absolute atomic E-state index is 0.00775. The van der Waals surface area contributed by atoms with Crippen LogP contribution in [0.15, 0.2) is 30.3 Å². The normalized spacial score (nSPS) is 18.9. The predicted molar refractivity (Wildman–Crippen MR) is 147 cm³/mol. The zero-order valence-corrected chi connectivity index (χ0v) is 23.0. The van der Waals surface area contributed by atoms with Gasteiger partial charge in [0.25, 0.3) is 5.91 Å². The first-order chi connectivity index (χ1) is 18.3. The van der Waals surface area contributed by atoms with Crippen molar-refractivity contribution in [3.8, 4) is 17.2 Å². The fourth-order valence-corrected chi connectivity index (χ4v) is 4.57. The first-order valence-electron chi connectivity index (χ1n) is 13.0. The zero-order chi connectivity index (χ0) is 30.2. The van der Waals surface area contributed by atoms with Crippen LogP contribution in [0.4, 0.5) is 17.1 Å². The molecule has 0 aliphatic carbocycles. The van der Waals surface area contributed by atoms with Crippen molar-refractivity contribution in [2.75, 3.05) is 16.8 Å². The van der Waals surface area contributed by atoms with Crippen molar-refractivity contribution in [3.05, 3.63) is 35.9 Å². The van der Waals surface area contributed by atoms with Crippen LogP contribution in [0.25, 0.3) is 0 Å². The molecule has 0 fully saturated rings. The van der Waals surface area contributed by atoms with Gasteiger partial charge in [-0.05, 0) is 65.5 Å². The van der Waals surface area contributed by atoms with Crippen LogP contribution in [0, 0.1) is 0 Å². The third kappa shape index (κ3) is 6.77. The number of amides is 1. The minimum atomic E-state index is -1.87. The number of benzene rings is 2. The highest BCUT2D eigenvalue weighted by Crippen LogP contribution is 2.46. The molecule has 12 heteroatoms. The summed E-state index contributed by atoms with van der Waals surface area (Å²) in [4.78, 5) is 14.6. The number of carbonyl (C=O) groups is 1. The van der Waals surface area contributed by atoms with E-state index in [1.807, 2.05) is 0 Å². The molecule has 0 aromatic heterocycles. The Kier molecular flexibility index (Phi) is 8.94. The fourth-order valence-electron chi connectivity index (χ4n) is 4.57. The van der Waals surface area contributed by atoms with Crippen LogP contribution in [0.5, 0.6) is 17.2 Å². The molecule has 0 saturated heterocycles. The Hall–Kier alpha value is -3.13. The number of aliphatic hydroxyl groups excluding tert-OH is 3. The largest absolute Gasteiger partial charge is 0.508 e. The van der Waals surface area contributed by atoms with Crippen LogP contribution in [-0.2, 0) is 0 Å². The molecule has 222 valence electrons. The molecule has 10 N–H and O–H groups in total. The monoisotopic (exact) mass is 564 g/mol. The van der Waals surface area contributed by atoms with E-state index in [0.29, 0.717) is 0 Å². The molecule has 2 aromatic carbocycles. The third-order valence-corrected chi connectivity index (χ3v) is 7.59. The van der Waals surface area contributed by atoms with Crippen LogP contribution in [-0.4, -0.2) is 93.5 Å². The van der Waals surface area contributed by atoms with Crippen molar-refractivity contribution < 1.29 is 50.8 Å². The Morgan fingerprint density at radius 1 is 0.800 bits per heavy atom. The zero-order valence-electron chi connectivity index (χ0n) is 23.0. The molecule has 0 spiro atoms. The molecule has 1 aliphatic heterocycles. The van der Waals surface area contributed by atoms with Gasteiger partial charge in [0.05, 0.1) is 52.5 Å². The molecule has 0 bridgehead atoms. The minimum Gasteiger partial charge on any atom is -0.508 e. The fraction of sp³-hybridized carbons (Fsp3) is 0.536. The van der Waals surface area contributed by atoms with Crippen molar-refractivity contribution in [3.63, 3.8) is 0 Å². The van der Waals surface area contributed by atoms with Crippen LogP contribution in [0.3, 0.4) is 0 Å². The molecule has 12 nitrogen and oxygen atoms in total. The molecule has 0 saturated carbocycles. The number of anilines is 3. The predicted octanol–water partition coefficient (Wildman–Crippen LogP) is 1.42. The Labute approximate surface area is 232 Å². The number of aromatic hydroxyl groups is 3. The molecule has 5 atom stereocenters. The number of aliphatic hydroxyl groups is 6. The summed E-state index contributed by atoms with van der Waals surface area (Å²) in [6.45, 7) is 5.02. The second-order valence-electron chi connectivity index (χ2n) is 11.6. The molecule has 2 aromatic rings. The lowest BCUT2D eigenvalue weighted by molar-refractivity contribution is -0.109. The maximum absolute atomic E-state index is 13.5. The summed E-state index contributed by atoms with van der Waals surface area (Å²) >= 11 is 0. The van der Waals surface area contributed by atoms with Gasteiger partial charge in [-0.2, -0.15) is 0 Å². The SMILES string of the molecule is CC(C)(O)C(O)CCC(C)(O)C(O)CCC(C)(O)C(O)CN1C(=O)c2cccc(O)c2Nc2c(O)cc(O)cc21. The van der Waals surface area contributed by atoms with Crippen molar-refractivity contribution in [1.82, 2.24) is 0 Å². The van der Waals surface area contributed by atoms with Gasteiger partial charge in [-0.25, -0.2) is 0 Å². The van der Waals surface area contributed by atoms with Crippen LogP contribution in [0.1, 0.15) is 63.7 Å². The topological polar surface area (TPSA) is 214 Å². The van der Waals surface area contributed by atoms with Crippen molar-refractivity contribution in [2.45, 2.75) is 88.5 Å². The van der Waals surface area contributed by atoms with E-state index < -0.39 is 53.3 Å². The summed E-state index contributed by atoms with van der Waals surface area (Å²) in [5.74, 6) is -1.75. The number of fused-ring (bicyclic) bond motifs is 2. The molecular weight excluding hydrogens is 524 g/mol. The van der Waals surface area contributed by atoms with Gasteiger partial charge in [0, 0.05) is 12.1 Å². The number of phenols is 3. The number of hydrogen-bond donors (Lipinski definition) is 10. The number of nitrogens with zero attached hydrogens (tertiary/aromatic N) is 1. The summed E-state index contributed by atoms with van der Waals surface area (Å²) in [7, 11) is 0. The van der Waals surface area contributed by atoms with E-state index in [2.05, 4.69) is 5.32 Å².